The van der Waals surface area contributed by atoms with Crippen LogP contribution >= 0.6 is 0 Å². The third kappa shape index (κ3) is 3.41. The monoisotopic (exact) mass is 267 g/mol. The molecule has 2 aromatic rings. The van der Waals surface area contributed by atoms with Crippen molar-refractivity contribution < 1.29 is 0 Å². The first-order valence-corrected chi connectivity index (χ1v) is 7.53. The number of hydrogen-bond acceptors (Lipinski definition) is 1. The molecule has 0 aliphatic carbocycles. The lowest BCUT2D eigenvalue weighted by Crippen LogP contribution is -2.10. The number of anilines is 1. The van der Waals surface area contributed by atoms with E-state index in [0.29, 0.717) is 6.04 Å². The second-order valence-electron chi connectivity index (χ2n) is 5.63. The summed E-state index contributed by atoms with van der Waals surface area (Å²) in [6.45, 7) is 8.80. The Kier molecular flexibility index (Phi) is 4.84. The Morgan fingerprint density at radius 3 is 2.50 bits per heavy atom. The first-order valence-electron chi connectivity index (χ1n) is 7.53. The molecule has 0 aliphatic heterocycles. The van der Waals surface area contributed by atoms with Gasteiger partial charge in [0, 0.05) is 11.7 Å². The summed E-state index contributed by atoms with van der Waals surface area (Å²) in [5.41, 5.74) is 6.73. The number of aryl methyl sites for hydroxylation is 3. The molecule has 0 spiro atoms. The predicted molar refractivity (Wildman–Crippen MR) is 88.4 cm³/mol. The Morgan fingerprint density at radius 2 is 1.80 bits per heavy atom. The number of hydrogen-bond donors (Lipinski definition) is 1. The molecule has 0 amide bonds. The summed E-state index contributed by atoms with van der Waals surface area (Å²) in [4.78, 5) is 0. The van der Waals surface area contributed by atoms with Crippen LogP contribution in [0.2, 0.25) is 0 Å². The molecule has 0 fully saturated rings. The topological polar surface area (TPSA) is 12.0 Å². The molecule has 0 aliphatic rings. The highest BCUT2D eigenvalue weighted by molar-refractivity contribution is 5.53. The van der Waals surface area contributed by atoms with Gasteiger partial charge in [-0.2, -0.15) is 0 Å². The zero-order valence-corrected chi connectivity index (χ0v) is 13.0. The largest absolute Gasteiger partial charge is 0.378 e. The second-order valence-corrected chi connectivity index (χ2v) is 5.63. The molecule has 0 radical (unpaired) electrons. The van der Waals surface area contributed by atoms with Gasteiger partial charge >= 0.3 is 0 Å². The number of para-hydroxylation sites is 1. The summed E-state index contributed by atoms with van der Waals surface area (Å²) < 4.78 is 0. The SMILES string of the molecule is CCCc1ccccc1NC(C)c1ccc(C)cc1C. The molecule has 106 valence electrons. The molecule has 1 unspecified atom stereocenters. The fourth-order valence-electron chi connectivity index (χ4n) is 2.77. The van der Waals surface area contributed by atoms with Crippen LogP contribution in [0, 0.1) is 13.8 Å². The Bertz CT molecular complexity index is 572. The second kappa shape index (κ2) is 6.60. The average molecular weight is 267 g/mol. The van der Waals surface area contributed by atoms with Gasteiger partial charge in [0.25, 0.3) is 0 Å². The molecule has 1 N–H and O–H groups in total. The Labute approximate surface area is 123 Å². The maximum absolute atomic E-state index is 3.67. The molecule has 0 bridgehead atoms. The average Bonchev–Trinajstić information content (AvgIpc) is 2.41. The van der Waals surface area contributed by atoms with E-state index in [-0.39, 0.29) is 0 Å². The third-order valence-electron chi connectivity index (χ3n) is 3.80. The summed E-state index contributed by atoms with van der Waals surface area (Å²) in [6.07, 6.45) is 2.30. The summed E-state index contributed by atoms with van der Waals surface area (Å²) in [5, 5.41) is 3.67. The lowest BCUT2D eigenvalue weighted by molar-refractivity contribution is 0.859. The van der Waals surface area contributed by atoms with Crippen molar-refractivity contribution in [3.8, 4) is 0 Å². The first kappa shape index (κ1) is 14.6. The highest BCUT2D eigenvalue weighted by Crippen LogP contribution is 2.25. The molecule has 20 heavy (non-hydrogen) atoms. The molecule has 2 rings (SSSR count). The van der Waals surface area contributed by atoms with Crippen molar-refractivity contribution in [1.29, 1.82) is 0 Å². The van der Waals surface area contributed by atoms with Gasteiger partial charge in [0.2, 0.25) is 0 Å². The highest BCUT2D eigenvalue weighted by atomic mass is 14.9. The smallest absolute Gasteiger partial charge is 0.0488 e. The number of benzene rings is 2. The fraction of sp³-hybridized carbons (Fsp3) is 0.368. The Hall–Kier alpha value is -1.76. The van der Waals surface area contributed by atoms with E-state index in [1.807, 2.05) is 0 Å². The summed E-state index contributed by atoms with van der Waals surface area (Å²) in [5.74, 6) is 0. The predicted octanol–water partition coefficient (Wildman–Crippen LogP) is 5.43. The van der Waals surface area contributed by atoms with E-state index in [9.17, 15) is 0 Å². The van der Waals surface area contributed by atoms with Gasteiger partial charge in [0.05, 0.1) is 0 Å². The summed E-state index contributed by atoms with van der Waals surface area (Å²) in [6, 6.07) is 15.7. The van der Waals surface area contributed by atoms with Crippen molar-refractivity contribution in [2.45, 2.75) is 46.6 Å². The number of nitrogens with one attached hydrogen (secondary N) is 1. The maximum atomic E-state index is 3.67. The maximum Gasteiger partial charge on any atom is 0.0488 e. The van der Waals surface area contributed by atoms with Crippen LogP contribution < -0.4 is 5.32 Å². The van der Waals surface area contributed by atoms with E-state index in [1.165, 1.54) is 34.4 Å². The first-order chi connectivity index (χ1) is 9.61. The fourth-order valence-corrected chi connectivity index (χ4v) is 2.77. The van der Waals surface area contributed by atoms with E-state index in [2.05, 4.69) is 75.5 Å². The molecule has 1 atom stereocenters. The van der Waals surface area contributed by atoms with Gasteiger partial charge in [-0.05, 0) is 49.9 Å². The van der Waals surface area contributed by atoms with Crippen LogP contribution in [0.1, 0.15) is 48.6 Å². The standard InChI is InChI=1S/C19H25N/c1-5-8-17-9-6-7-10-19(17)20-16(4)18-12-11-14(2)13-15(18)3/h6-7,9-13,16,20H,5,8H2,1-4H3. The van der Waals surface area contributed by atoms with Gasteiger partial charge in [-0.25, -0.2) is 0 Å². The van der Waals surface area contributed by atoms with Gasteiger partial charge in [-0.15, -0.1) is 0 Å². The molecule has 0 saturated heterocycles. The van der Waals surface area contributed by atoms with Gasteiger partial charge in [-0.1, -0.05) is 55.3 Å². The normalized spacial score (nSPS) is 12.2. The molecule has 0 saturated carbocycles. The quantitative estimate of drug-likeness (QED) is 0.761. The third-order valence-corrected chi connectivity index (χ3v) is 3.80. The summed E-state index contributed by atoms with van der Waals surface area (Å²) in [7, 11) is 0. The van der Waals surface area contributed by atoms with Gasteiger partial charge in [0.1, 0.15) is 0 Å². The molecule has 2 aromatic carbocycles. The Balaban J connectivity index is 2.21. The highest BCUT2D eigenvalue weighted by Gasteiger charge is 2.10. The molecular weight excluding hydrogens is 242 g/mol. The molecule has 1 nitrogen and oxygen atoms in total. The van der Waals surface area contributed by atoms with Crippen molar-refractivity contribution in [1.82, 2.24) is 0 Å². The van der Waals surface area contributed by atoms with Crippen LogP contribution in [-0.4, -0.2) is 0 Å². The van der Waals surface area contributed by atoms with Crippen molar-refractivity contribution in [3.63, 3.8) is 0 Å². The minimum absolute atomic E-state index is 0.327. The van der Waals surface area contributed by atoms with E-state index in [0.717, 1.165) is 6.42 Å². The van der Waals surface area contributed by atoms with Crippen LogP contribution in [-0.2, 0) is 6.42 Å². The van der Waals surface area contributed by atoms with Crippen molar-refractivity contribution in [3.05, 3.63) is 64.7 Å². The minimum Gasteiger partial charge on any atom is -0.378 e. The zero-order chi connectivity index (χ0) is 14.5. The van der Waals surface area contributed by atoms with E-state index >= 15 is 0 Å². The summed E-state index contributed by atoms with van der Waals surface area (Å²) >= 11 is 0. The van der Waals surface area contributed by atoms with E-state index in [4.69, 9.17) is 0 Å². The van der Waals surface area contributed by atoms with Crippen molar-refractivity contribution in [2.24, 2.45) is 0 Å². The van der Waals surface area contributed by atoms with Crippen LogP contribution in [0.3, 0.4) is 0 Å². The lowest BCUT2D eigenvalue weighted by Gasteiger charge is -2.20. The molecule has 0 heterocycles. The van der Waals surface area contributed by atoms with E-state index in [1.54, 1.807) is 0 Å². The van der Waals surface area contributed by atoms with Crippen molar-refractivity contribution >= 4 is 5.69 Å². The zero-order valence-electron chi connectivity index (χ0n) is 13.0. The molecular formula is C19H25N. The number of rotatable bonds is 5. The van der Waals surface area contributed by atoms with Crippen molar-refractivity contribution in [2.75, 3.05) is 5.32 Å². The Morgan fingerprint density at radius 1 is 1.05 bits per heavy atom. The van der Waals surface area contributed by atoms with Crippen LogP contribution in [0.25, 0.3) is 0 Å². The lowest BCUT2D eigenvalue weighted by atomic mass is 9.99. The van der Waals surface area contributed by atoms with E-state index < -0.39 is 0 Å². The van der Waals surface area contributed by atoms with Gasteiger partial charge in [-0.3, -0.25) is 0 Å². The van der Waals surface area contributed by atoms with Gasteiger partial charge in [0.15, 0.2) is 0 Å². The molecule has 0 aromatic heterocycles. The van der Waals surface area contributed by atoms with Gasteiger partial charge < -0.3 is 5.32 Å². The van der Waals surface area contributed by atoms with Crippen LogP contribution in [0.5, 0.6) is 0 Å². The minimum atomic E-state index is 0.327. The van der Waals surface area contributed by atoms with Crippen LogP contribution in [0.15, 0.2) is 42.5 Å². The molecule has 1 heteroatoms. The van der Waals surface area contributed by atoms with Crippen LogP contribution in [0.4, 0.5) is 5.69 Å².